The molecule has 1 heterocycles. The Hall–Kier alpha value is -2.92. The second-order valence-electron chi connectivity index (χ2n) is 8.86. The summed E-state index contributed by atoms with van der Waals surface area (Å²) in [5.74, 6) is -0.427. The molecular formula is C26H28ClN3O5S2. The third-order valence-electron chi connectivity index (χ3n) is 6.30. The number of nitrogens with zero attached hydrogens (tertiary/aromatic N) is 3. The number of piperazine rings is 1. The van der Waals surface area contributed by atoms with E-state index in [0.717, 1.165) is 15.4 Å². The number of hydrogen-bond acceptors (Lipinski definition) is 5. The standard InChI is InChI=1S/C26H28ClN3O5S2/c1-20-8-12-24(13-9-20)36(32,33)29-16-14-28(15-17-29)26(31)19-30(22-11-10-21(2)25(27)18-22)37(34,35)23-6-4-3-5-7-23/h3-13,18H,14-17,19H2,1-2H3. The second kappa shape index (κ2) is 10.8. The van der Waals surface area contributed by atoms with E-state index in [-0.39, 0.29) is 41.7 Å². The van der Waals surface area contributed by atoms with Crippen molar-refractivity contribution in [3.8, 4) is 0 Å². The van der Waals surface area contributed by atoms with Gasteiger partial charge in [-0.3, -0.25) is 9.10 Å². The average Bonchev–Trinajstić information content (AvgIpc) is 2.89. The van der Waals surface area contributed by atoms with E-state index < -0.39 is 32.5 Å². The number of carbonyl (C=O) groups excluding carboxylic acids is 1. The molecule has 0 bridgehead atoms. The molecule has 3 aromatic carbocycles. The number of aryl methyl sites for hydroxylation is 2. The summed E-state index contributed by atoms with van der Waals surface area (Å²) in [5.41, 5.74) is 2.01. The molecule has 196 valence electrons. The molecule has 0 N–H and O–H groups in total. The van der Waals surface area contributed by atoms with Gasteiger partial charge in [-0.2, -0.15) is 4.31 Å². The number of anilines is 1. The third-order valence-corrected chi connectivity index (χ3v) is 10.4. The minimum absolute atomic E-state index is 0.0495. The molecule has 0 aromatic heterocycles. The van der Waals surface area contributed by atoms with Gasteiger partial charge in [0.25, 0.3) is 10.0 Å². The summed E-state index contributed by atoms with van der Waals surface area (Å²) in [4.78, 5) is 15.0. The summed E-state index contributed by atoms with van der Waals surface area (Å²) in [6, 6.07) is 19.3. The first kappa shape index (κ1) is 27.1. The Morgan fingerprint density at radius 3 is 2.05 bits per heavy atom. The maximum atomic E-state index is 13.5. The summed E-state index contributed by atoms with van der Waals surface area (Å²) in [6.07, 6.45) is 0. The van der Waals surface area contributed by atoms with Crippen molar-refractivity contribution in [3.05, 3.63) is 88.9 Å². The molecule has 8 nitrogen and oxygen atoms in total. The summed E-state index contributed by atoms with van der Waals surface area (Å²) in [5, 5.41) is 0.383. The first-order valence-electron chi connectivity index (χ1n) is 11.7. The number of benzene rings is 3. The van der Waals surface area contributed by atoms with Gasteiger partial charge in [0.2, 0.25) is 15.9 Å². The molecule has 0 saturated carbocycles. The van der Waals surface area contributed by atoms with Gasteiger partial charge < -0.3 is 4.90 Å². The van der Waals surface area contributed by atoms with E-state index >= 15 is 0 Å². The van der Waals surface area contributed by atoms with E-state index in [4.69, 9.17) is 11.6 Å². The number of carbonyl (C=O) groups is 1. The normalized spacial score (nSPS) is 14.9. The molecule has 3 aromatic rings. The first-order chi connectivity index (χ1) is 17.5. The number of sulfonamides is 2. The van der Waals surface area contributed by atoms with Crippen LogP contribution in [-0.4, -0.2) is 64.7 Å². The van der Waals surface area contributed by atoms with Gasteiger partial charge in [-0.25, -0.2) is 16.8 Å². The number of rotatable bonds is 7. The van der Waals surface area contributed by atoms with Crippen LogP contribution >= 0.6 is 11.6 Å². The highest BCUT2D eigenvalue weighted by Crippen LogP contribution is 2.28. The molecule has 4 rings (SSSR count). The zero-order chi connectivity index (χ0) is 26.8. The number of hydrogen-bond donors (Lipinski definition) is 0. The van der Waals surface area contributed by atoms with Crippen molar-refractivity contribution < 1.29 is 21.6 Å². The molecule has 1 aliphatic heterocycles. The Kier molecular flexibility index (Phi) is 7.94. The van der Waals surface area contributed by atoms with Crippen molar-refractivity contribution in [2.75, 3.05) is 37.0 Å². The summed E-state index contributed by atoms with van der Waals surface area (Å²) in [7, 11) is -7.76. The highest BCUT2D eigenvalue weighted by molar-refractivity contribution is 7.92. The van der Waals surface area contributed by atoms with E-state index in [2.05, 4.69) is 0 Å². The van der Waals surface area contributed by atoms with E-state index in [1.807, 2.05) is 6.92 Å². The van der Waals surface area contributed by atoms with Gasteiger partial charge in [-0.1, -0.05) is 53.6 Å². The quantitative estimate of drug-likeness (QED) is 0.438. The van der Waals surface area contributed by atoms with Crippen molar-refractivity contribution in [1.29, 1.82) is 0 Å². The summed E-state index contributed by atoms with van der Waals surface area (Å²) < 4.78 is 55.5. The van der Waals surface area contributed by atoms with Crippen LogP contribution in [0.3, 0.4) is 0 Å². The van der Waals surface area contributed by atoms with Crippen LogP contribution in [0.4, 0.5) is 5.69 Å². The Morgan fingerprint density at radius 1 is 0.838 bits per heavy atom. The van der Waals surface area contributed by atoms with Crippen LogP contribution in [0.1, 0.15) is 11.1 Å². The lowest BCUT2D eigenvalue weighted by atomic mass is 10.2. The highest BCUT2D eigenvalue weighted by atomic mass is 35.5. The van der Waals surface area contributed by atoms with E-state index in [0.29, 0.717) is 5.02 Å². The van der Waals surface area contributed by atoms with Crippen LogP contribution in [0.15, 0.2) is 82.6 Å². The Labute approximate surface area is 223 Å². The fourth-order valence-corrected chi connectivity index (χ4v) is 7.06. The van der Waals surface area contributed by atoms with Crippen molar-refractivity contribution in [3.63, 3.8) is 0 Å². The third kappa shape index (κ3) is 5.82. The predicted octanol–water partition coefficient (Wildman–Crippen LogP) is 3.69. The van der Waals surface area contributed by atoms with Crippen molar-refractivity contribution >= 4 is 43.2 Å². The van der Waals surface area contributed by atoms with Crippen LogP contribution in [0.2, 0.25) is 5.02 Å². The average molecular weight is 562 g/mol. The zero-order valence-electron chi connectivity index (χ0n) is 20.5. The lowest BCUT2D eigenvalue weighted by Crippen LogP contribution is -2.53. The van der Waals surface area contributed by atoms with Crippen LogP contribution < -0.4 is 4.31 Å². The molecule has 0 radical (unpaired) electrons. The molecule has 1 aliphatic rings. The summed E-state index contributed by atoms with van der Waals surface area (Å²) >= 11 is 6.28. The Balaban J connectivity index is 1.53. The van der Waals surface area contributed by atoms with Gasteiger partial charge in [-0.15, -0.1) is 0 Å². The number of amides is 1. The van der Waals surface area contributed by atoms with Gasteiger partial charge in [0.15, 0.2) is 0 Å². The molecule has 0 unspecified atom stereocenters. The fourth-order valence-electron chi connectivity index (χ4n) is 4.03. The van der Waals surface area contributed by atoms with Gasteiger partial charge in [-0.05, 0) is 55.8 Å². The molecule has 1 fully saturated rings. The fraction of sp³-hybridized carbons (Fsp3) is 0.269. The Bertz CT molecular complexity index is 1490. The van der Waals surface area contributed by atoms with Gasteiger partial charge >= 0.3 is 0 Å². The minimum Gasteiger partial charge on any atom is -0.338 e. The van der Waals surface area contributed by atoms with Crippen LogP contribution in [0, 0.1) is 13.8 Å². The van der Waals surface area contributed by atoms with Crippen molar-refractivity contribution in [1.82, 2.24) is 9.21 Å². The molecule has 37 heavy (non-hydrogen) atoms. The van der Waals surface area contributed by atoms with Crippen molar-refractivity contribution in [2.45, 2.75) is 23.6 Å². The second-order valence-corrected chi connectivity index (χ2v) is 13.1. The largest absolute Gasteiger partial charge is 0.338 e. The van der Waals surface area contributed by atoms with Crippen LogP contribution in [-0.2, 0) is 24.8 Å². The smallest absolute Gasteiger partial charge is 0.264 e. The maximum Gasteiger partial charge on any atom is 0.264 e. The molecule has 0 spiro atoms. The lowest BCUT2D eigenvalue weighted by molar-refractivity contribution is -0.130. The Morgan fingerprint density at radius 2 is 1.46 bits per heavy atom. The number of halogens is 1. The van der Waals surface area contributed by atoms with E-state index in [1.54, 1.807) is 61.5 Å². The van der Waals surface area contributed by atoms with Crippen LogP contribution in [0.25, 0.3) is 0 Å². The molecule has 1 saturated heterocycles. The topological polar surface area (TPSA) is 95.1 Å². The summed E-state index contributed by atoms with van der Waals surface area (Å²) in [6.45, 7) is 3.77. The minimum atomic E-state index is -4.07. The molecular weight excluding hydrogens is 534 g/mol. The molecule has 0 atom stereocenters. The lowest BCUT2D eigenvalue weighted by Gasteiger charge is -2.35. The van der Waals surface area contributed by atoms with Gasteiger partial charge in [0, 0.05) is 31.2 Å². The SMILES string of the molecule is Cc1ccc(S(=O)(=O)N2CCN(C(=O)CN(c3ccc(C)c(Cl)c3)S(=O)(=O)c3ccccc3)CC2)cc1. The predicted molar refractivity (Wildman–Crippen MR) is 144 cm³/mol. The molecule has 11 heteroatoms. The van der Waals surface area contributed by atoms with Crippen molar-refractivity contribution in [2.24, 2.45) is 0 Å². The zero-order valence-corrected chi connectivity index (χ0v) is 22.9. The highest BCUT2D eigenvalue weighted by Gasteiger charge is 2.33. The van der Waals surface area contributed by atoms with E-state index in [1.165, 1.54) is 27.4 Å². The molecule has 1 amide bonds. The monoisotopic (exact) mass is 561 g/mol. The molecule has 0 aliphatic carbocycles. The van der Waals surface area contributed by atoms with Gasteiger partial charge in [0.05, 0.1) is 15.5 Å². The maximum absolute atomic E-state index is 13.5. The van der Waals surface area contributed by atoms with E-state index in [9.17, 15) is 21.6 Å². The first-order valence-corrected chi connectivity index (χ1v) is 14.9. The van der Waals surface area contributed by atoms with Gasteiger partial charge in [0.1, 0.15) is 6.54 Å². The van der Waals surface area contributed by atoms with Crippen LogP contribution in [0.5, 0.6) is 0 Å².